The Balaban J connectivity index is 2.35. The number of anilines is 1. The summed E-state index contributed by atoms with van der Waals surface area (Å²) in [7, 11) is 0. The minimum absolute atomic E-state index is 0.157. The first-order valence-corrected chi connectivity index (χ1v) is 8.55. The predicted molar refractivity (Wildman–Crippen MR) is 96.9 cm³/mol. The molecule has 0 radical (unpaired) electrons. The van der Waals surface area contributed by atoms with Crippen molar-refractivity contribution in [1.82, 2.24) is 0 Å². The molecule has 0 atom stereocenters. The Bertz CT molecular complexity index is 673. The van der Waals surface area contributed by atoms with E-state index in [0.717, 1.165) is 11.3 Å². The molecular weight excluding hydrogens is 391 g/mol. The van der Waals surface area contributed by atoms with Crippen molar-refractivity contribution in [3.63, 3.8) is 0 Å². The Kier molecular flexibility index (Phi) is 5.86. The molecule has 2 aromatic rings. The third-order valence-electron chi connectivity index (χ3n) is 3.04. The van der Waals surface area contributed by atoms with Crippen LogP contribution < -0.4 is 4.72 Å². The minimum atomic E-state index is 0.157. The van der Waals surface area contributed by atoms with Gasteiger partial charge in [0.2, 0.25) is 0 Å². The standard InChI is InChI=1S/C14H10Cl5NS/c1-6-4-3-5-8(7(6)2)20-21-14-12(18)10(16)9(15)11(17)13(14)19/h3-5,20H,1-2H3. The summed E-state index contributed by atoms with van der Waals surface area (Å²) >= 11 is 31.7. The maximum atomic E-state index is 6.19. The topological polar surface area (TPSA) is 12.0 Å². The SMILES string of the molecule is Cc1cccc(NSc2c(Cl)c(Cl)c(Cl)c(Cl)c2Cl)c1C. The van der Waals surface area contributed by atoms with Crippen LogP contribution in [0.15, 0.2) is 23.1 Å². The van der Waals surface area contributed by atoms with Crippen LogP contribution in [0.3, 0.4) is 0 Å². The normalized spacial score (nSPS) is 10.8. The van der Waals surface area contributed by atoms with Crippen LogP contribution in [0.25, 0.3) is 0 Å². The lowest BCUT2D eigenvalue weighted by molar-refractivity contribution is 1.34. The second-order valence-corrected chi connectivity index (χ2v) is 7.06. The fourth-order valence-electron chi connectivity index (χ4n) is 1.64. The predicted octanol–water partition coefficient (Wildman–Crippen LogP) is 7.69. The van der Waals surface area contributed by atoms with E-state index in [9.17, 15) is 0 Å². The summed E-state index contributed by atoms with van der Waals surface area (Å²) in [5, 5.41) is 1.10. The van der Waals surface area contributed by atoms with Gasteiger partial charge in [0.05, 0.1) is 30.0 Å². The van der Waals surface area contributed by atoms with Crippen molar-refractivity contribution in [3.05, 3.63) is 54.4 Å². The second-order valence-electron chi connectivity index (χ2n) is 4.35. The second kappa shape index (κ2) is 7.08. The highest BCUT2D eigenvalue weighted by atomic mass is 35.5. The number of halogens is 5. The number of aryl methyl sites for hydroxylation is 1. The molecule has 0 heterocycles. The van der Waals surface area contributed by atoms with Crippen LogP contribution in [0.5, 0.6) is 0 Å². The third kappa shape index (κ3) is 3.52. The van der Waals surface area contributed by atoms with Gasteiger partial charge in [-0.15, -0.1) is 0 Å². The van der Waals surface area contributed by atoms with Gasteiger partial charge in [-0.2, -0.15) is 0 Å². The van der Waals surface area contributed by atoms with Crippen LogP contribution in [0.2, 0.25) is 25.1 Å². The molecule has 0 saturated carbocycles. The van der Waals surface area contributed by atoms with Crippen molar-refractivity contribution in [1.29, 1.82) is 0 Å². The van der Waals surface area contributed by atoms with Gasteiger partial charge in [0.1, 0.15) is 0 Å². The lowest BCUT2D eigenvalue weighted by Gasteiger charge is -2.14. The zero-order valence-electron chi connectivity index (χ0n) is 11.0. The Morgan fingerprint density at radius 3 is 1.90 bits per heavy atom. The number of rotatable bonds is 3. The van der Waals surface area contributed by atoms with Crippen molar-refractivity contribution < 1.29 is 0 Å². The molecule has 0 aliphatic heterocycles. The monoisotopic (exact) mass is 399 g/mol. The average Bonchev–Trinajstić information content (AvgIpc) is 2.47. The number of nitrogens with one attached hydrogen (secondary N) is 1. The van der Waals surface area contributed by atoms with E-state index in [2.05, 4.69) is 4.72 Å². The fourth-order valence-corrected chi connectivity index (χ4v) is 3.94. The summed E-state index contributed by atoms with van der Waals surface area (Å²) in [5.74, 6) is 0. The van der Waals surface area contributed by atoms with Gasteiger partial charge in [0.25, 0.3) is 0 Å². The number of hydrogen-bond acceptors (Lipinski definition) is 2. The number of benzene rings is 2. The van der Waals surface area contributed by atoms with Crippen LogP contribution in [0.4, 0.5) is 5.69 Å². The zero-order chi connectivity index (χ0) is 15.7. The Morgan fingerprint density at radius 2 is 1.33 bits per heavy atom. The summed E-state index contributed by atoms with van der Waals surface area (Å²) in [6.07, 6.45) is 0. The molecule has 21 heavy (non-hydrogen) atoms. The van der Waals surface area contributed by atoms with Gasteiger partial charge in [-0.3, -0.25) is 0 Å². The largest absolute Gasteiger partial charge is 0.325 e. The highest BCUT2D eigenvalue weighted by Crippen LogP contribution is 2.47. The summed E-state index contributed by atoms with van der Waals surface area (Å²) in [5.41, 5.74) is 3.29. The molecular formula is C14H10Cl5NS. The molecule has 0 spiro atoms. The zero-order valence-corrected chi connectivity index (χ0v) is 15.6. The molecule has 2 aromatic carbocycles. The Hall–Kier alpha value is 0.0400. The van der Waals surface area contributed by atoms with Crippen molar-refractivity contribution >= 4 is 75.6 Å². The summed E-state index contributed by atoms with van der Waals surface area (Å²) in [4.78, 5) is 0.540. The molecule has 0 bridgehead atoms. The third-order valence-corrected chi connectivity index (χ3v) is 6.47. The maximum Gasteiger partial charge on any atom is 0.0809 e. The van der Waals surface area contributed by atoms with E-state index in [1.165, 1.54) is 17.5 Å². The molecule has 112 valence electrons. The fraction of sp³-hybridized carbons (Fsp3) is 0.143. The lowest BCUT2D eigenvalue weighted by Crippen LogP contribution is -1.94. The van der Waals surface area contributed by atoms with E-state index in [1.807, 2.05) is 32.0 Å². The lowest BCUT2D eigenvalue weighted by atomic mass is 10.1. The van der Waals surface area contributed by atoms with Gasteiger partial charge in [-0.1, -0.05) is 70.1 Å². The molecule has 0 unspecified atom stereocenters. The quantitative estimate of drug-likeness (QED) is 0.321. The molecule has 1 N–H and O–H groups in total. The van der Waals surface area contributed by atoms with Crippen molar-refractivity contribution in [3.8, 4) is 0 Å². The summed E-state index contributed by atoms with van der Waals surface area (Å²) in [6.45, 7) is 4.07. The van der Waals surface area contributed by atoms with Crippen LogP contribution in [0, 0.1) is 13.8 Å². The Labute approximate surface area is 153 Å². The van der Waals surface area contributed by atoms with Gasteiger partial charge in [-0.25, -0.2) is 0 Å². The first-order chi connectivity index (χ1) is 9.84. The first-order valence-electron chi connectivity index (χ1n) is 5.85. The van der Waals surface area contributed by atoms with Crippen LogP contribution in [-0.2, 0) is 0 Å². The molecule has 1 nitrogen and oxygen atoms in total. The first kappa shape index (κ1) is 17.4. The maximum absolute atomic E-state index is 6.19. The number of hydrogen-bond donors (Lipinski definition) is 1. The molecule has 0 saturated heterocycles. The highest BCUT2D eigenvalue weighted by Gasteiger charge is 2.20. The van der Waals surface area contributed by atoms with Crippen LogP contribution in [0.1, 0.15) is 11.1 Å². The molecule has 0 aromatic heterocycles. The minimum Gasteiger partial charge on any atom is -0.325 e. The smallest absolute Gasteiger partial charge is 0.0809 e. The van der Waals surface area contributed by atoms with E-state index < -0.39 is 0 Å². The molecule has 0 aliphatic carbocycles. The Morgan fingerprint density at radius 1 is 0.810 bits per heavy atom. The van der Waals surface area contributed by atoms with E-state index in [1.54, 1.807) is 0 Å². The van der Waals surface area contributed by atoms with E-state index in [0.29, 0.717) is 4.90 Å². The molecule has 0 aliphatic rings. The van der Waals surface area contributed by atoms with E-state index in [4.69, 9.17) is 58.0 Å². The van der Waals surface area contributed by atoms with E-state index in [-0.39, 0.29) is 25.1 Å². The van der Waals surface area contributed by atoms with Crippen molar-refractivity contribution in [2.24, 2.45) is 0 Å². The molecule has 0 fully saturated rings. The van der Waals surface area contributed by atoms with Gasteiger partial charge in [-0.05, 0) is 43.0 Å². The summed E-state index contributed by atoms with van der Waals surface area (Å²) < 4.78 is 3.21. The van der Waals surface area contributed by atoms with Crippen LogP contribution >= 0.6 is 70.0 Å². The van der Waals surface area contributed by atoms with Crippen molar-refractivity contribution in [2.75, 3.05) is 4.72 Å². The molecule has 7 heteroatoms. The van der Waals surface area contributed by atoms with Crippen molar-refractivity contribution in [2.45, 2.75) is 18.7 Å². The average molecular weight is 402 g/mol. The van der Waals surface area contributed by atoms with Gasteiger partial charge < -0.3 is 4.72 Å². The highest BCUT2D eigenvalue weighted by molar-refractivity contribution is 8.00. The van der Waals surface area contributed by atoms with E-state index >= 15 is 0 Å². The molecule has 2 rings (SSSR count). The van der Waals surface area contributed by atoms with Crippen LogP contribution in [-0.4, -0.2) is 0 Å². The van der Waals surface area contributed by atoms with Gasteiger partial charge in [0.15, 0.2) is 0 Å². The van der Waals surface area contributed by atoms with Gasteiger partial charge >= 0.3 is 0 Å². The summed E-state index contributed by atoms with van der Waals surface area (Å²) in [6, 6.07) is 5.98. The molecule has 0 amide bonds. The van der Waals surface area contributed by atoms with Gasteiger partial charge in [0, 0.05) is 5.69 Å².